The molecule has 0 aliphatic heterocycles. The molecule has 0 atom stereocenters. The fraction of sp³-hybridized carbons (Fsp3) is 0. The Morgan fingerprint density at radius 1 is 0.550 bits per heavy atom. The van der Waals surface area contributed by atoms with E-state index in [0.29, 0.717) is 0 Å². The molecule has 16 heteroatoms. The van der Waals surface area contributed by atoms with Crippen LogP contribution in [0.15, 0.2) is 0 Å². The molecule has 0 aliphatic carbocycles. The third-order valence-corrected chi connectivity index (χ3v) is 0. The molecule has 0 spiro atoms. The van der Waals surface area contributed by atoms with Crippen LogP contribution in [0.5, 0.6) is 0 Å². The molecule has 0 aromatic heterocycles. The summed E-state index contributed by atoms with van der Waals surface area (Å²) >= 11 is 0. The first-order valence-corrected chi connectivity index (χ1v) is 2.45. The van der Waals surface area contributed by atoms with Gasteiger partial charge in [0.15, 0.2) is 0 Å². The molecule has 0 fully saturated rings. The van der Waals surface area contributed by atoms with Crippen LogP contribution in [0, 0.1) is 0 Å². The summed E-state index contributed by atoms with van der Waals surface area (Å²) in [6, 6.07) is 0. The average Bonchev–Trinajstić information content (AvgIpc) is 1.76. The van der Waals surface area contributed by atoms with E-state index in [1.54, 1.807) is 0 Å². The van der Waals surface area contributed by atoms with E-state index in [9.17, 15) is 0 Å². The molecular formula is C4H2BaCaO12SrZr. The van der Waals surface area contributed by atoms with Gasteiger partial charge in [0.05, 0.1) is 0 Å². The summed E-state index contributed by atoms with van der Waals surface area (Å²) in [6.07, 6.45) is -9.33. The molecular weight excluding hydrogens is 596 g/mol. The average molecular weight is 598 g/mol. The third kappa shape index (κ3) is 1460. The molecule has 0 bridgehead atoms. The van der Waals surface area contributed by atoms with E-state index in [2.05, 4.69) is 0 Å². The maximum absolute atomic E-state index is 8.33. The van der Waals surface area contributed by atoms with Crippen LogP contribution in [0.4, 0.5) is 19.2 Å². The van der Waals surface area contributed by atoms with Gasteiger partial charge in [-0.2, -0.15) is 0 Å². The summed E-state index contributed by atoms with van der Waals surface area (Å²) in [7, 11) is 0. The van der Waals surface area contributed by atoms with Crippen molar-refractivity contribution < 1.29 is 89.1 Å². The van der Waals surface area contributed by atoms with Gasteiger partial charge in [-0.15, -0.1) is 0 Å². The Hall–Kier alpha value is 2.27. The zero-order valence-electron chi connectivity index (χ0n) is 11.5. The van der Waals surface area contributed by atoms with Crippen LogP contribution < -0.4 is 40.9 Å². The number of carbonyl (C=O) groups is 4. The monoisotopic (exact) mass is 598 g/mol. The van der Waals surface area contributed by atoms with Crippen molar-refractivity contribution in [3.8, 4) is 0 Å². The summed E-state index contributed by atoms with van der Waals surface area (Å²) < 4.78 is 0. The van der Waals surface area contributed by atoms with Crippen LogP contribution in [-0.2, 0) is 26.2 Å². The van der Waals surface area contributed by atoms with Crippen molar-refractivity contribution in [1.82, 2.24) is 0 Å². The van der Waals surface area contributed by atoms with Gasteiger partial charge >= 0.3 is 158 Å². The second-order valence-electron chi connectivity index (χ2n) is 1.00. The van der Waals surface area contributed by atoms with Crippen molar-refractivity contribution in [3.63, 3.8) is 0 Å². The maximum atomic E-state index is 8.33. The van der Waals surface area contributed by atoms with Gasteiger partial charge in [0.1, 0.15) is 0 Å². The second kappa shape index (κ2) is 42.9. The van der Waals surface area contributed by atoms with Crippen molar-refractivity contribution in [1.29, 1.82) is 0 Å². The number of carboxylic acid groups (broad SMARTS) is 8. The van der Waals surface area contributed by atoms with Crippen molar-refractivity contribution in [2.24, 2.45) is 0 Å². The van der Waals surface area contributed by atoms with Gasteiger partial charge in [-0.05, 0) is 24.6 Å². The van der Waals surface area contributed by atoms with Crippen molar-refractivity contribution >= 4 is 157 Å². The molecule has 0 aromatic rings. The molecule has 0 rings (SSSR count). The van der Waals surface area contributed by atoms with Crippen molar-refractivity contribution in [2.75, 3.05) is 0 Å². The van der Waals surface area contributed by atoms with E-state index in [0.717, 1.165) is 0 Å². The smallest absolute Gasteiger partial charge is 1.00 e. The number of carbonyl (C=O) groups excluding carboxylic acids is 4. The van der Waals surface area contributed by atoms with E-state index in [1.165, 1.54) is 0 Å². The predicted octanol–water partition coefficient (Wildman–Crippen LogP) is -10.7. The van der Waals surface area contributed by atoms with Crippen LogP contribution >= 0.6 is 0 Å². The Morgan fingerprint density at radius 3 is 0.550 bits per heavy atom. The van der Waals surface area contributed by atoms with Crippen molar-refractivity contribution in [3.05, 3.63) is 0 Å². The zero-order chi connectivity index (χ0) is 14.3. The van der Waals surface area contributed by atoms with Crippen molar-refractivity contribution in [2.45, 2.75) is 0 Å². The van der Waals surface area contributed by atoms with Crippen LogP contribution in [0.25, 0.3) is 0 Å². The molecule has 0 saturated carbocycles. The molecule has 20 heavy (non-hydrogen) atoms. The van der Waals surface area contributed by atoms with E-state index >= 15 is 0 Å². The summed E-state index contributed by atoms with van der Waals surface area (Å²) in [6.45, 7) is 0. The minimum absolute atomic E-state index is 0. The van der Waals surface area contributed by atoms with Gasteiger partial charge in [-0.25, -0.2) is 0 Å². The first kappa shape index (κ1) is 49.5. The van der Waals surface area contributed by atoms with Gasteiger partial charge < -0.3 is 62.9 Å². The van der Waals surface area contributed by atoms with Gasteiger partial charge in [0.2, 0.25) is 0 Å². The Kier molecular flexibility index (Phi) is 106. The SMILES string of the molecule is O=C([O-])[O-].O=C([O-])[O-].O=C([O-])[O-].O=C([O-])[O-].[Ba+2].[Ca+2].[H-].[H-].[Sr+2].[Zr+4]. The Labute approximate surface area is 240 Å². The first-order chi connectivity index (χ1) is 6.93. The molecule has 100 valence electrons. The first-order valence-electron chi connectivity index (χ1n) is 2.45. The summed E-state index contributed by atoms with van der Waals surface area (Å²) in [5, 5.41) is 66.7. The molecule has 0 unspecified atom stereocenters. The topological polar surface area (TPSA) is 253 Å². The Morgan fingerprint density at radius 2 is 0.550 bits per heavy atom. The second-order valence-corrected chi connectivity index (χ2v) is 1.00. The molecule has 0 aromatic carbocycles. The predicted molar refractivity (Wildman–Crippen MR) is 41.1 cm³/mol. The van der Waals surface area contributed by atoms with Crippen LogP contribution in [0.3, 0.4) is 0 Å². The standard InChI is InChI=1S/4CH2O3.Ba.Ca.Sr.Zr.2H/c4*2-1(3)4;;;;;;/h4*(H2,2,3,4);;;;;;/q;;;;3*+2;+4;2*-1/p-8. The largest absolute Gasteiger partial charge is 4.00 e. The molecule has 0 N–H and O–H groups in total. The molecule has 12 nitrogen and oxygen atoms in total. The van der Waals surface area contributed by atoms with Gasteiger partial charge in [-0.1, -0.05) is 0 Å². The van der Waals surface area contributed by atoms with Crippen LogP contribution in [0.1, 0.15) is 2.85 Å². The van der Waals surface area contributed by atoms with Gasteiger partial charge in [-0.3, -0.25) is 0 Å². The third-order valence-electron chi connectivity index (χ3n) is 0. The quantitative estimate of drug-likeness (QED) is 0.236. The van der Waals surface area contributed by atoms with Crippen LogP contribution in [-0.4, -0.2) is 157 Å². The van der Waals surface area contributed by atoms with E-state index in [4.69, 9.17) is 60.0 Å². The fourth-order valence-corrected chi connectivity index (χ4v) is 0. The summed E-state index contributed by atoms with van der Waals surface area (Å²) in [5.41, 5.74) is 0. The number of hydrogen-bond acceptors (Lipinski definition) is 12. The Bertz CT molecular complexity index is 185. The zero-order valence-corrected chi connectivity index (χ0v) is 22.1. The minimum Gasteiger partial charge on any atom is -1.00 e. The molecule has 0 saturated heterocycles. The van der Waals surface area contributed by atoms with Gasteiger partial charge in [0, 0.05) is 0 Å². The molecule has 0 amide bonds. The summed E-state index contributed by atoms with van der Waals surface area (Å²) in [5.74, 6) is 0. The minimum atomic E-state index is -2.33. The van der Waals surface area contributed by atoms with Gasteiger partial charge in [0.25, 0.3) is 0 Å². The number of rotatable bonds is 0. The van der Waals surface area contributed by atoms with E-state index in [-0.39, 0.29) is 161 Å². The fourth-order valence-electron chi connectivity index (χ4n) is 0. The normalized spacial score (nSPS) is 4.80. The maximum Gasteiger partial charge on any atom is 4.00 e. The Balaban J connectivity index is -0.00000001000. The number of hydrogen-bond donors (Lipinski definition) is 0. The molecule has 0 radical (unpaired) electrons. The van der Waals surface area contributed by atoms with E-state index in [1.807, 2.05) is 0 Å². The van der Waals surface area contributed by atoms with E-state index < -0.39 is 24.6 Å². The molecule has 0 heterocycles. The molecule has 0 aliphatic rings. The summed E-state index contributed by atoms with van der Waals surface area (Å²) in [4.78, 5) is 33.3. The van der Waals surface area contributed by atoms with Crippen LogP contribution in [0.2, 0.25) is 0 Å².